The zero-order valence-electron chi connectivity index (χ0n) is 8.59. The van der Waals surface area contributed by atoms with Crippen molar-refractivity contribution < 1.29 is 4.42 Å². The molecule has 0 saturated carbocycles. The third-order valence-electron chi connectivity index (χ3n) is 2.51. The van der Waals surface area contributed by atoms with E-state index < -0.39 is 0 Å². The zero-order valence-corrected chi connectivity index (χ0v) is 8.59. The number of rotatable bonds is 1. The second-order valence-electron chi connectivity index (χ2n) is 3.95. The first-order valence-electron chi connectivity index (χ1n) is 4.64. The van der Waals surface area contributed by atoms with Crippen LogP contribution in [0.3, 0.4) is 0 Å². The molecular formula is C11H15NO. The summed E-state index contributed by atoms with van der Waals surface area (Å²) in [7, 11) is 2.07. The minimum atomic E-state index is 0.522. The topological polar surface area (TPSA) is 18.1 Å². The minimum absolute atomic E-state index is 0.522. The Kier molecular flexibility index (Phi) is 1.72. The van der Waals surface area contributed by atoms with Crippen molar-refractivity contribution in [3.05, 3.63) is 23.6 Å². The van der Waals surface area contributed by atoms with Crippen LogP contribution in [0.15, 0.2) is 16.9 Å². The molecule has 0 aliphatic heterocycles. The number of hydrogen-bond acceptors (Lipinski definition) is 1. The molecule has 0 radical (unpaired) electrons. The van der Waals surface area contributed by atoms with Crippen LogP contribution >= 0.6 is 0 Å². The zero-order chi connectivity index (χ0) is 9.59. The fourth-order valence-electron chi connectivity index (χ4n) is 1.82. The van der Waals surface area contributed by atoms with Crippen molar-refractivity contribution >= 4 is 11.1 Å². The van der Waals surface area contributed by atoms with E-state index in [4.69, 9.17) is 4.42 Å². The maximum atomic E-state index is 5.54. The van der Waals surface area contributed by atoms with Gasteiger partial charge < -0.3 is 8.98 Å². The number of aryl methyl sites for hydroxylation is 2. The van der Waals surface area contributed by atoms with Gasteiger partial charge in [-0.25, -0.2) is 0 Å². The van der Waals surface area contributed by atoms with Crippen molar-refractivity contribution in [2.24, 2.45) is 7.05 Å². The fraction of sp³-hybridized carbons (Fsp3) is 0.455. The molecule has 13 heavy (non-hydrogen) atoms. The van der Waals surface area contributed by atoms with Crippen molar-refractivity contribution in [2.75, 3.05) is 0 Å². The van der Waals surface area contributed by atoms with E-state index in [1.54, 1.807) is 0 Å². The van der Waals surface area contributed by atoms with Gasteiger partial charge in [-0.2, -0.15) is 0 Å². The molecule has 2 aromatic heterocycles. The maximum Gasteiger partial charge on any atom is 0.155 e. The quantitative estimate of drug-likeness (QED) is 0.654. The van der Waals surface area contributed by atoms with Crippen LogP contribution in [0.25, 0.3) is 11.1 Å². The summed E-state index contributed by atoms with van der Waals surface area (Å²) in [6, 6.07) is 0. The summed E-state index contributed by atoms with van der Waals surface area (Å²) in [5.74, 6) is 0.522. The minimum Gasteiger partial charge on any atom is -0.462 e. The van der Waals surface area contributed by atoms with E-state index in [1.165, 1.54) is 16.6 Å². The summed E-state index contributed by atoms with van der Waals surface area (Å²) < 4.78 is 7.68. The van der Waals surface area contributed by atoms with E-state index in [1.807, 2.05) is 6.26 Å². The SMILES string of the molecule is Cc1coc2c(C(C)C)cn(C)c12. The van der Waals surface area contributed by atoms with Gasteiger partial charge in [-0.05, 0) is 12.8 Å². The van der Waals surface area contributed by atoms with Gasteiger partial charge in [0.05, 0.1) is 11.8 Å². The van der Waals surface area contributed by atoms with E-state index >= 15 is 0 Å². The molecule has 2 heterocycles. The van der Waals surface area contributed by atoms with Gasteiger partial charge in [0.25, 0.3) is 0 Å². The van der Waals surface area contributed by atoms with Crippen LogP contribution in [-0.4, -0.2) is 4.57 Å². The third-order valence-corrected chi connectivity index (χ3v) is 2.51. The van der Waals surface area contributed by atoms with Gasteiger partial charge >= 0.3 is 0 Å². The molecular weight excluding hydrogens is 162 g/mol. The number of fused-ring (bicyclic) bond motifs is 1. The lowest BCUT2D eigenvalue weighted by Gasteiger charge is -1.98. The monoisotopic (exact) mass is 177 g/mol. The normalized spacial score (nSPS) is 11.8. The first-order chi connectivity index (χ1) is 6.11. The van der Waals surface area contributed by atoms with Crippen LogP contribution in [0.4, 0.5) is 0 Å². The van der Waals surface area contributed by atoms with Gasteiger partial charge in [0.15, 0.2) is 5.58 Å². The van der Waals surface area contributed by atoms with Crippen LogP contribution < -0.4 is 0 Å². The number of hydrogen-bond donors (Lipinski definition) is 0. The van der Waals surface area contributed by atoms with Gasteiger partial charge in [0.2, 0.25) is 0 Å². The maximum absolute atomic E-state index is 5.54. The molecule has 0 aromatic carbocycles. The molecule has 2 rings (SSSR count). The Labute approximate surface area is 78.2 Å². The molecule has 0 fully saturated rings. The molecule has 0 amide bonds. The van der Waals surface area contributed by atoms with Gasteiger partial charge in [-0.1, -0.05) is 13.8 Å². The predicted molar refractivity (Wildman–Crippen MR) is 54.0 cm³/mol. The van der Waals surface area contributed by atoms with Crippen LogP contribution in [-0.2, 0) is 7.05 Å². The Hall–Kier alpha value is -1.18. The lowest BCUT2D eigenvalue weighted by atomic mass is 10.1. The summed E-state index contributed by atoms with van der Waals surface area (Å²) >= 11 is 0. The molecule has 0 atom stereocenters. The summed E-state index contributed by atoms with van der Waals surface area (Å²) in [5, 5.41) is 0. The largest absolute Gasteiger partial charge is 0.462 e. The molecule has 0 saturated heterocycles. The van der Waals surface area contributed by atoms with Gasteiger partial charge in [-0.15, -0.1) is 0 Å². The Morgan fingerprint density at radius 2 is 2.08 bits per heavy atom. The highest BCUT2D eigenvalue weighted by atomic mass is 16.3. The average Bonchev–Trinajstić information content (AvgIpc) is 2.55. The van der Waals surface area contributed by atoms with Gasteiger partial charge in [0.1, 0.15) is 0 Å². The standard InChI is InChI=1S/C11H15NO/c1-7(2)9-5-12(4)10-8(3)6-13-11(9)10/h5-7H,1-4H3. The Balaban J connectivity index is 2.79. The molecule has 0 bridgehead atoms. The number of aromatic nitrogens is 1. The van der Waals surface area contributed by atoms with Gasteiger partial charge in [0, 0.05) is 24.4 Å². The molecule has 0 unspecified atom stereocenters. The van der Waals surface area contributed by atoms with E-state index in [2.05, 4.69) is 38.6 Å². The molecule has 0 aliphatic carbocycles. The Morgan fingerprint density at radius 1 is 1.38 bits per heavy atom. The third kappa shape index (κ3) is 1.09. The van der Waals surface area contributed by atoms with Crippen molar-refractivity contribution in [3.8, 4) is 0 Å². The Morgan fingerprint density at radius 3 is 2.69 bits per heavy atom. The second-order valence-corrected chi connectivity index (χ2v) is 3.95. The summed E-state index contributed by atoms with van der Waals surface area (Å²) in [4.78, 5) is 0. The van der Waals surface area contributed by atoms with Crippen LogP contribution in [0.1, 0.15) is 30.9 Å². The second kappa shape index (κ2) is 2.66. The van der Waals surface area contributed by atoms with Crippen molar-refractivity contribution in [1.82, 2.24) is 4.57 Å². The highest BCUT2D eigenvalue weighted by molar-refractivity contribution is 5.81. The summed E-state index contributed by atoms with van der Waals surface area (Å²) in [5.41, 5.74) is 4.79. The fourth-order valence-corrected chi connectivity index (χ4v) is 1.82. The number of furan rings is 1. The first kappa shape index (κ1) is 8.42. The van der Waals surface area contributed by atoms with E-state index in [0.29, 0.717) is 5.92 Å². The summed E-state index contributed by atoms with van der Waals surface area (Å²) in [6.07, 6.45) is 3.99. The number of nitrogens with zero attached hydrogens (tertiary/aromatic N) is 1. The molecule has 2 aromatic rings. The van der Waals surface area contributed by atoms with Crippen molar-refractivity contribution in [3.63, 3.8) is 0 Å². The van der Waals surface area contributed by atoms with Crippen LogP contribution in [0, 0.1) is 6.92 Å². The predicted octanol–water partition coefficient (Wildman–Crippen LogP) is 3.20. The first-order valence-corrected chi connectivity index (χ1v) is 4.64. The molecule has 2 nitrogen and oxygen atoms in total. The van der Waals surface area contributed by atoms with Gasteiger partial charge in [-0.3, -0.25) is 0 Å². The van der Waals surface area contributed by atoms with E-state index in [-0.39, 0.29) is 0 Å². The molecule has 0 spiro atoms. The Bertz CT molecular complexity index is 434. The molecule has 70 valence electrons. The lowest BCUT2D eigenvalue weighted by Crippen LogP contribution is -1.85. The average molecular weight is 177 g/mol. The molecule has 0 N–H and O–H groups in total. The smallest absolute Gasteiger partial charge is 0.155 e. The summed E-state index contributed by atoms with van der Waals surface area (Å²) in [6.45, 7) is 6.45. The highest BCUT2D eigenvalue weighted by Crippen LogP contribution is 2.29. The lowest BCUT2D eigenvalue weighted by molar-refractivity contribution is 0.605. The highest BCUT2D eigenvalue weighted by Gasteiger charge is 2.14. The molecule has 0 aliphatic rings. The van der Waals surface area contributed by atoms with E-state index in [9.17, 15) is 0 Å². The van der Waals surface area contributed by atoms with E-state index in [0.717, 1.165) is 5.58 Å². The van der Waals surface area contributed by atoms with Crippen LogP contribution in [0.5, 0.6) is 0 Å². The van der Waals surface area contributed by atoms with Crippen molar-refractivity contribution in [2.45, 2.75) is 26.7 Å². The van der Waals surface area contributed by atoms with Crippen LogP contribution in [0.2, 0.25) is 0 Å². The molecule has 2 heteroatoms. The van der Waals surface area contributed by atoms with Crippen molar-refractivity contribution in [1.29, 1.82) is 0 Å².